The summed E-state index contributed by atoms with van der Waals surface area (Å²) >= 11 is 3.44. The zero-order valence-corrected chi connectivity index (χ0v) is 13.9. The van der Waals surface area contributed by atoms with Crippen LogP contribution in [0.1, 0.15) is 25.7 Å². The Bertz CT molecular complexity index is 658. The Morgan fingerprint density at radius 2 is 1.45 bits per heavy atom. The van der Waals surface area contributed by atoms with Gasteiger partial charge in [0.15, 0.2) is 0 Å². The van der Waals surface area contributed by atoms with Crippen molar-refractivity contribution < 1.29 is 4.79 Å². The third-order valence-corrected chi connectivity index (χ3v) is 4.90. The van der Waals surface area contributed by atoms with Crippen LogP contribution in [0.15, 0.2) is 53.0 Å². The largest absolute Gasteiger partial charge is 0.371 e. The summed E-state index contributed by atoms with van der Waals surface area (Å²) in [5.74, 6) is -0.248. The monoisotopic (exact) mass is 358 g/mol. The first-order chi connectivity index (χ1) is 10.6. The van der Waals surface area contributed by atoms with Crippen molar-refractivity contribution in [3.63, 3.8) is 0 Å². The molecular formula is C18H19BrN2O. The minimum atomic E-state index is -0.570. The molecule has 0 spiro atoms. The van der Waals surface area contributed by atoms with Crippen LogP contribution in [0.4, 0.5) is 5.69 Å². The number of hydrogen-bond acceptors (Lipinski definition) is 2. The molecule has 1 aliphatic carbocycles. The Labute approximate surface area is 139 Å². The van der Waals surface area contributed by atoms with Crippen LogP contribution in [-0.2, 0) is 4.79 Å². The highest BCUT2D eigenvalue weighted by Gasteiger charge is 2.39. The van der Waals surface area contributed by atoms with Gasteiger partial charge in [-0.15, -0.1) is 0 Å². The first kappa shape index (κ1) is 15.1. The van der Waals surface area contributed by atoms with Crippen molar-refractivity contribution in [1.29, 1.82) is 0 Å². The number of amides is 1. The van der Waals surface area contributed by atoms with Crippen molar-refractivity contribution in [2.75, 3.05) is 5.32 Å². The van der Waals surface area contributed by atoms with E-state index in [1.807, 2.05) is 24.3 Å². The Morgan fingerprint density at radius 3 is 1.95 bits per heavy atom. The van der Waals surface area contributed by atoms with E-state index in [4.69, 9.17) is 5.73 Å². The van der Waals surface area contributed by atoms with Crippen LogP contribution >= 0.6 is 15.9 Å². The summed E-state index contributed by atoms with van der Waals surface area (Å²) in [6.07, 6.45) is 3.73. The second-order valence-corrected chi connectivity index (χ2v) is 6.78. The first-order valence-corrected chi connectivity index (χ1v) is 8.32. The number of rotatable bonds is 4. The molecular weight excluding hydrogens is 340 g/mol. The van der Waals surface area contributed by atoms with E-state index in [-0.39, 0.29) is 5.91 Å². The van der Waals surface area contributed by atoms with Gasteiger partial charge in [-0.25, -0.2) is 0 Å². The minimum absolute atomic E-state index is 0.248. The van der Waals surface area contributed by atoms with Crippen molar-refractivity contribution in [2.45, 2.75) is 31.2 Å². The molecule has 3 N–H and O–H groups in total. The molecule has 114 valence electrons. The van der Waals surface area contributed by atoms with Crippen LogP contribution in [-0.4, -0.2) is 11.4 Å². The van der Waals surface area contributed by atoms with Gasteiger partial charge in [0.25, 0.3) is 0 Å². The van der Waals surface area contributed by atoms with Crippen LogP contribution in [0, 0.1) is 0 Å². The molecule has 1 saturated carbocycles. The number of hydrogen-bond donors (Lipinski definition) is 2. The van der Waals surface area contributed by atoms with E-state index >= 15 is 0 Å². The average molecular weight is 359 g/mol. The number of primary amides is 1. The molecule has 1 amide bonds. The van der Waals surface area contributed by atoms with E-state index in [9.17, 15) is 4.79 Å². The van der Waals surface area contributed by atoms with Gasteiger partial charge >= 0.3 is 0 Å². The van der Waals surface area contributed by atoms with E-state index in [0.29, 0.717) is 0 Å². The van der Waals surface area contributed by atoms with Crippen LogP contribution < -0.4 is 11.1 Å². The standard InChI is InChI=1S/C18H19BrN2O/c19-15-7-3-13(4-8-15)14-5-9-16(10-6-14)21-18(17(20)22)11-1-2-12-18/h3-10,21H,1-2,11-12H2,(H2,20,22). The maximum atomic E-state index is 11.8. The second-order valence-electron chi connectivity index (χ2n) is 5.86. The predicted octanol–water partition coefficient (Wildman–Crippen LogP) is 4.33. The molecule has 4 heteroatoms. The molecule has 3 nitrogen and oxygen atoms in total. The maximum Gasteiger partial charge on any atom is 0.243 e. The number of carbonyl (C=O) groups is 1. The molecule has 0 unspecified atom stereocenters. The Balaban J connectivity index is 1.79. The van der Waals surface area contributed by atoms with E-state index < -0.39 is 5.54 Å². The molecule has 2 aromatic rings. The molecule has 1 fully saturated rings. The fourth-order valence-electron chi connectivity index (χ4n) is 3.08. The number of halogens is 1. The van der Waals surface area contributed by atoms with Gasteiger partial charge in [-0.05, 0) is 48.2 Å². The Kier molecular flexibility index (Phi) is 4.21. The molecule has 0 radical (unpaired) electrons. The summed E-state index contributed by atoms with van der Waals surface area (Å²) in [5, 5.41) is 3.36. The summed E-state index contributed by atoms with van der Waals surface area (Å²) in [6, 6.07) is 16.4. The van der Waals surface area contributed by atoms with Crippen molar-refractivity contribution in [3.05, 3.63) is 53.0 Å². The van der Waals surface area contributed by atoms with Gasteiger partial charge in [0, 0.05) is 10.2 Å². The highest BCUT2D eigenvalue weighted by molar-refractivity contribution is 9.10. The minimum Gasteiger partial charge on any atom is -0.371 e. The molecule has 0 aliphatic heterocycles. The molecule has 0 saturated heterocycles. The van der Waals surface area contributed by atoms with Crippen LogP contribution in [0.3, 0.4) is 0 Å². The summed E-state index contributed by atoms with van der Waals surface area (Å²) in [5.41, 5.74) is 8.30. The average Bonchev–Trinajstić information content (AvgIpc) is 2.99. The van der Waals surface area contributed by atoms with Gasteiger partial charge in [0.2, 0.25) is 5.91 Å². The molecule has 0 bridgehead atoms. The second kappa shape index (κ2) is 6.13. The van der Waals surface area contributed by atoms with E-state index in [0.717, 1.165) is 41.4 Å². The Hall–Kier alpha value is -1.81. The molecule has 0 heterocycles. The van der Waals surface area contributed by atoms with Crippen molar-refractivity contribution in [1.82, 2.24) is 0 Å². The quantitative estimate of drug-likeness (QED) is 0.854. The number of benzene rings is 2. The lowest BCUT2D eigenvalue weighted by Crippen LogP contribution is -2.48. The SMILES string of the molecule is NC(=O)C1(Nc2ccc(-c3ccc(Br)cc3)cc2)CCCC1. The zero-order chi connectivity index (χ0) is 15.6. The molecule has 2 aromatic carbocycles. The van der Waals surface area contributed by atoms with Crippen LogP contribution in [0.5, 0.6) is 0 Å². The van der Waals surface area contributed by atoms with Crippen molar-refractivity contribution in [2.24, 2.45) is 5.73 Å². The lowest BCUT2D eigenvalue weighted by molar-refractivity contribution is -0.122. The van der Waals surface area contributed by atoms with Crippen LogP contribution in [0.25, 0.3) is 11.1 Å². The van der Waals surface area contributed by atoms with Crippen LogP contribution in [0.2, 0.25) is 0 Å². The maximum absolute atomic E-state index is 11.8. The van der Waals surface area contributed by atoms with Gasteiger partial charge < -0.3 is 11.1 Å². The summed E-state index contributed by atoms with van der Waals surface area (Å²) in [4.78, 5) is 11.8. The third kappa shape index (κ3) is 3.02. The summed E-state index contributed by atoms with van der Waals surface area (Å²) in [7, 11) is 0. The van der Waals surface area contributed by atoms with E-state index in [1.165, 1.54) is 5.56 Å². The van der Waals surface area contributed by atoms with Gasteiger partial charge in [-0.1, -0.05) is 53.0 Å². The molecule has 3 rings (SSSR count). The number of nitrogens with one attached hydrogen (secondary N) is 1. The zero-order valence-electron chi connectivity index (χ0n) is 12.3. The van der Waals surface area contributed by atoms with E-state index in [2.05, 4.69) is 45.5 Å². The highest BCUT2D eigenvalue weighted by atomic mass is 79.9. The van der Waals surface area contributed by atoms with Crippen molar-refractivity contribution >= 4 is 27.5 Å². The molecule has 0 atom stereocenters. The Morgan fingerprint density at radius 1 is 0.955 bits per heavy atom. The topological polar surface area (TPSA) is 55.1 Å². The fraction of sp³-hybridized carbons (Fsp3) is 0.278. The summed E-state index contributed by atoms with van der Waals surface area (Å²) < 4.78 is 1.07. The lowest BCUT2D eigenvalue weighted by Gasteiger charge is -2.28. The molecule has 1 aliphatic rings. The summed E-state index contributed by atoms with van der Waals surface area (Å²) in [6.45, 7) is 0. The molecule has 22 heavy (non-hydrogen) atoms. The highest BCUT2D eigenvalue weighted by Crippen LogP contribution is 2.33. The number of nitrogens with two attached hydrogens (primary N) is 1. The normalized spacial score (nSPS) is 16.4. The van der Waals surface area contributed by atoms with E-state index in [1.54, 1.807) is 0 Å². The first-order valence-electron chi connectivity index (χ1n) is 7.53. The number of anilines is 1. The lowest BCUT2D eigenvalue weighted by atomic mass is 9.96. The van der Waals surface area contributed by atoms with Crippen molar-refractivity contribution in [3.8, 4) is 11.1 Å². The third-order valence-electron chi connectivity index (χ3n) is 4.37. The van der Waals surface area contributed by atoms with Gasteiger partial charge in [-0.2, -0.15) is 0 Å². The smallest absolute Gasteiger partial charge is 0.243 e. The van der Waals surface area contributed by atoms with Gasteiger partial charge in [0.1, 0.15) is 5.54 Å². The van der Waals surface area contributed by atoms with Gasteiger partial charge in [-0.3, -0.25) is 4.79 Å². The molecule has 0 aromatic heterocycles. The predicted molar refractivity (Wildman–Crippen MR) is 93.6 cm³/mol. The van der Waals surface area contributed by atoms with Gasteiger partial charge in [0.05, 0.1) is 0 Å². The fourth-order valence-corrected chi connectivity index (χ4v) is 3.34. The number of carbonyl (C=O) groups excluding carboxylic acids is 1.